The molecule has 1 aromatic carbocycles. The minimum absolute atomic E-state index is 0.102. The van der Waals surface area contributed by atoms with E-state index in [4.69, 9.17) is 0 Å². The van der Waals surface area contributed by atoms with Crippen LogP contribution in [0.4, 0.5) is 5.82 Å². The highest BCUT2D eigenvalue weighted by Crippen LogP contribution is 2.05. The Hall–Kier alpha value is -2.30. The molecule has 22 heavy (non-hydrogen) atoms. The molecular weight excluding hydrogens is 278 g/mol. The zero-order valence-electron chi connectivity index (χ0n) is 13.7. The lowest BCUT2D eigenvalue weighted by Crippen LogP contribution is -2.37. The number of hydrogen-bond acceptors (Lipinski definition) is 3. The first-order valence-electron chi connectivity index (χ1n) is 7.75. The van der Waals surface area contributed by atoms with Crippen LogP contribution in [0.3, 0.4) is 0 Å². The number of anilines is 1. The second-order valence-corrected chi connectivity index (χ2v) is 4.79. The van der Waals surface area contributed by atoms with Crippen molar-refractivity contribution < 1.29 is 0 Å². The summed E-state index contributed by atoms with van der Waals surface area (Å²) in [6, 6.07) is 11.1. The standard InChI is InChI=1S/C15H19N3O2.C2H6/c1-3-11(2)18-14(19)9-13(17-15(18)20)16-10-12-7-5-4-6-8-12;1-2/h4-9,11,16H,3,10H2,1-2H3,(H,17,20);1-2H3. The predicted molar refractivity (Wildman–Crippen MR) is 91.4 cm³/mol. The van der Waals surface area contributed by atoms with Crippen LogP contribution in [-0.2, 0) is 6.54 Å². The van der Waals surface area contributed by atoms with E-state index in [1.54, 1.807) is 0 Å². The first-order chi connectivity index (χ1) is 10.6. The van der Waals surface area contributed by atoms with Crippen LogP contribution >= 0.6 is 0 Å². The lowest BCUT2D eigenvalue weighted by atomic mass is 10.2. The minimum Gasteiger partial charge on any atom is -0.367 e. The third-order valence-electron chi connectivity index (χ3n) is 3.32. The normalized spacial score (nSPS) is 11.3. The van der Waals surface area contributed by atoms with Crippen molar-refractivity contribution in [3.63, 3.8) is 0 Å². The molecular formula is C17H25N3O2. The second-order valence-electron chi connectivity index (χ2n) is 4.79. The summed E-state index contributed by atoms with van der Waals surface area (Å²) in [5.41, 5.74) is 0.431. The zero-order valence-corrected chi connectivity index (χ0v) is 13.7. The number of nitrogens with zero attached hydrogens (tertiary/aromatic N) is 1. The Labute approximate surface area is 131 Å². The molecule has 5 nitrogen and oxygen atoms in total. The molecule has 0 aliphatic carbocycles. The van der Waals surface area contributed by atoms with Crippen LogP contribution in [0, 0.1) is 0 Å². The van der Waals surface area contributed by atoms with Crippen LogP contribution in [-0.4, -0.2) is 9.55 Å². The smallest absolute Gasteiger partial charge is 0.330 e. The van der Waals surface area contributed by atoms with Gasteiger partial charge >= 0.3 is 5.69 Å². The molecule has 120 valence electrons. The molecule has 1 atom stereocenters. The van der Waals surface area contributed by atoms with Crippen molar-refractivity contribution in [2.45, 2.75) is 46.7 Å². The summed E-state index contributed by atoms with van der Waals surface area (Å²) in [4.78, 5) is 26.6. The average molecular weight is 303 g/mol. The fourth-order valence-corrected chi connectivity index (χ4v) is 1.99. The lowest BCUT2D eigenvalue weighted by molar-refractivity contribution is 0.490. The van der Waals surface area contributed by atoms with Gasteiger partial charge in [-0.05, 0) is 18.9 Å². The molecule has 2 N–H and O–H groups in total. The fraction of sp³-hybridized carbons (Fsp3) is 0.412. The van der Waals surface area contributed by atoms with Crippen LogP contribution in [0.25, 0.3) is 0 Å². The van der Waals surface area contributed by atoms with Gasteiger partial charge < -0.3 is 5.32 Å². The second kappa shape index (κ2) is 8.87. The number of hydrogen-bond donors (Lipinski definition) is 2. The fourth-order valence-electron chi connectivity index (χ4n) is 1.99. The van der Waals surface area contributed by atoms with Gasteiger partial charge in [-0.15, -0.1) is 0 Å². The molecule has 0 amide bonds. The largest absolute Gasteiger partial charge is 0.367 e. The van der Waals surface area contributed by atoms with Crippen molar-refractivity contribution >= 4 is 5.82 Å². The van der Waals surface area contributed by atoms with Crippen LogP contribution < -0.4 is 16.6 Å². The Kier molecular flexibility index (Phi) is 7.16. The van der Waals surface area contributed by atoms with Crippen LogP contribution in [0.1, 0.15) is 45.7 Å². The van der Waals surface area contributed by atoms with E-state index < -0.39 is 0 Å². The van der Waals surface area contributed by atoms with Crippen LogP contribution in [0.15, 0.2) is 46.0 Å². The summed E-state index contributed by atoms with van der Waals surface area (Å²) in [6.07, 6.45) is 0.736. The van der Waals surface area contributed by atoms with Gasteiger partial charge in [0.25, 0.3) is 5.56 Å². The first-order valence-corrected chi connectivity index (χ1v) is 7.75. The molecule has 1 unspecified atom stereocenters. The van der Waals surface area contributed by atoms with Gasteiger partial charge in [-0.2, -0.15) is 0 Å². The Bertz CT molecular complexity index is 643. The number of H-pyrrole nitrogens is 1. The monoisotopic (exact) mass is 303 g/mol. The third kappa shape index (κ3) is 4.62. The van der Waals surface area contributed by atoms with E-state index in [1.807, 2.05) is 58.0 Å². The Morgan fingerprint density at radius 2 is 1.82 bits per heavy atom. The summed E-state index contributed by atoms with van der Waals surface area (Å²) in [5, 5.41) is 3.06. The topological polar surface area (TPSA) is 66.9 Å². The van der Waals surface area contributed by atoms with Gasteiger partial charge in [0.15, 0.2) is 0 Å². The van der Waals surface area contributed by atoms with Crippen LogP contribution in [0.5, 0.6) is 0 Å². The summed E-state index contributed by atoms with van der Waals surface area (Å²) in [7, 11) is 0. The Morgan fingerprint density at radius 3 is 2.36 bits per heavy atom. The van der Waals surface area contributed by atoms with Gasteiger partial charge in [-0.25, -0.2) is 4.79 Å². The maximum absolute atomic E-state index is 12.0. The maximum Gasteiger partial charge on any atom is 0.330 e. The quantitative estimate of drug-likeness (QED) is 0.891. The molecule has 0 saturated heterocycles. The molecule has 2 rings (SSSR count). The van der Waals surface area contributed by atoms with Crippen molar-refractivity contribution in [2.75, 3.05) is 5.32 Å². The van der Waals surface area contributed by atoms with E-state index in [-0.39, 0.29) is 17.3 Å². The van der Waals surface area contributed by atoms with Gasteiger partial charge in [0.1, 0.15) is 5.82 Å². The van der Waals surface area contributed by atoms with Crippen molar-refractivity contribution in [3.05, 3.63) is 62.8 Å². The molecule has 0 saturated carbocycles. The van der Waals surface area contributed by atoms with Crippen molar-refractivity contribution in [1.29, 1.82) is 0 Å². The number of aromatic nitrogens is 2. The predicted octanol–water partition coefficient (Wildman–Crippen LogP) is 3.15. The van der Waals surface area contributed by atoms with Gasteiger partial charge in [0.05, 0.1) is 0 Å². The molecule has 1 heterocycles. The molecule has 0 aliphatic heterocycles. The van der Waals surface area contributed by atoms with Gasteiger partial charge in [0.2, 0.25) is 0 Å². The number of rotatable bonds is 5. The van der Waals surface area contributed by atoms with Gasteiger partial charge in [-0.1, -0.05) is 51.1 Å². The SMILES string of the molecule is CC.CCC(C)n1c(=O)cc(NCc2ccccc2)[nH]c1=O. The summed E-state index contributed by atoms with van der Waals surface area (Å²) in [5.74, 6) is 0.448. The number of benzene rings is 1. The maximum atomic E-state index is 12.0. The van der Waals surface area contributed by atoms with E-state index in [0.29, 0.717) is 12.4 Å². The zero-order chi connectivity index (χ0) is 16.5. The van der Waals surface area contributed by atoms with Crippen molar-refractivity contribution in [3.8, 4) is 0 Å². The number of aromatic amines is 1. The van der Waals surface area contributed by atoms with Crippen LogP contribution in [0.2, 0.25) is 0 Å². The molecule has 0 bridgehead atoms. The molecule has 5 heteroatoms. The third-order valence-corrected chi connectivity index (χ3v) is 3.32. The molecule has 0 radical (unpaired) electrons. The van der Waals surface area contributed by atoms with E-state index >= 15 is 0 Å². The first kappa shape index (κ1) is 17.8. The molecule has 0 fully saturated rings. The van der Waals surface area contributed by atoms with E-state index in [0.717, 1.165) is 12.0 Å². The highest BCUT2D eigenvalue weighted by Gasteiger charge is 2.09. The average Bonchev–Trinajstić information content (AvgIpc) is 2.55. The highest BCUT2D eigenvalue weighted by atomic mass is 16.2. The summed E-state index contributed by atoms with van der Waals surface area (Å²) < 4.78 is 1.24. The van der Waals surface area contributed by atoms with E-state index in [1.165, 1.54) is 10.6 Å². The minimum atomic E-state index is -0.373. The summed E-state index contributed by atoms with van der Waals surface area (Å²) >= 11 is 0. The molecule has 2 aromatic rings. The molecule has 1 aromatic heterocycles. The van der Waals surface area contributed by atoms with E-state index in [2.05, 4.69) is 10.3 Å². The lowest BCUT2D eigenvalue weighted by Gasteiger charge is -2.12. The van der Waals surface area contributed by atoms with Crippen molar-refractivity contribution in [1.82, 2.24) is 9.55 Å². The Morgan fingerprint density at radius 1 is 1.18 bits per heavy atom. The Balaban J connectivity index is 0.00000116. The van der Waals surface area contributed by atoms with E-state index in [9.17, 15) is 9.59 Å². The van der Waals surface area contributed by atoms with Crippen molar-refractivity contribution in [2.24, 2.45) is 0 Å². The summed E-state index contributed by atoms with van der Waals surface area (Å²) in [6.45, 7) is 8.36. The van der Waals surface area contributed by atoms with Gasteiger partial charge in [0, 0.05) is 18.7 Å². The molecule has 0 aliphatic rings. The highest BCUT2D eigenvalue weighted by molar-refractivity contribution is 5.33. The number of nitrogens with one attached hydrogen (secondary N) is 2. The van der Waals surface area contributed by atoms with Gasteiger partial charge in [-0.3, -0.25) is 14.3 Å². The molecule has 0 spiro atoms.